The fraction of sp³-hybridized carbons (Fsp3) is 0. The van der Waals surface area contributed by atoms with Crippen molar-refractivity contribution in [3.63, 3.8) is 0 Å². The third kappa shape index (κ3) is 1.69. The van der Waals surface area contributed by atoms with E-state index in [1.165, 1.54) is 0 Å². The molecule has 0 unspecified atom stereocenters. The summed E-state index contributed by atoms with van der Waals surface area (Å²) >= 11 is 0. The van der Waals surface area contributed by atoms with E-state index in [2.05, 4.69) is 19.9 Å². The SMILES string of the molecule is Nc1cc(-c2nc(N)c3ccncc3n2)ccn1. The van der Waals surface area contributed by atoms with Crippen molar-refractivity contribution in [2.24, 2.45) is 0 Å². The maximum atomic E-state index is 5.91. The van der Waals surface area contributed by atoms with Gasteiger partial charge >= 0.3 is 0 Å². The standard InChI is InChI=1S/C12H10N6/c13-10-5-7(1-4-16-10)12-17-9-6-15-3-2-8(9)11(14)18-12/h1-6H,(H2,13,16)(H2,14,17,18). The summed E-state index contributed by atoms with van der Waals surface area (Å²) in [6.45, 7) is 0. The second-order valence-electron chi connectivity index (χ2n) is 3.79. The molecule has 0 spiro atoms. The molecule has 0 atom stereocenters. The number of nitrogens with two attached hydrogens (primary N) is 2. The van der Waals surface area contributed by atoms with Crippen molar-refractivity contribution >= 4 is 22.5 Å². The molecule has 0 saturated carbocycles. The Balaban J connectivity index is 2.24. The largest absolute Gasteiger partial charge is 0.384 e. The normalized spacial score (nSPS) is 10.7. The summed E-state index contributed by atoms with van der Waals surface area (Å²) < 4.78 is 0. The molecule has 3 rings (SSSR count). The van der Waals surface area contributed by atoms with Crippen LogP contribution in [0.5, 0.6) is 0 Å². The smallest absolute Gasteiger partial charge is 0.162 e. The lowest BCUT2D eigenvalue weighted by molar-refractivity contribution is 1.21. The molecular formula is C12H10N6. The summed E-state index contributed by atoms with van der Waals surface area (Å²) in [6, 6.07) is 5.28. The molecular weight excluding hydrogens is 228 g/mol. The van der Waals surface area contributed by atoms with Gasteiger partial charge in [-0.1, -0.05) is 0 Å². The lowest BCUT2D eigenvalue weighted by atomic mass is 10.2. The number of anilines is 2. The highest BCUT2D eigenvalue weighted by Gasteiger charge is 2.07. The van der Waals surface area contributed by atoms with Crippen molar-refractivity contribution in [1.29, 1.82) is 0 Å². The number of aromatic nitrogens is 4. The summed E-state index contributed by atoms with van der Waals surface area (Å²) in [5, 5.41) is 0.788. The molecule has 18 heavy (non-hydrogen) atoms. The molecule has 6 heteroatoms. The number of fused-ring (bicyclic) bond motifs is 1. The summed E-state index contributed by atoms with van der Waals surface area (Å²) in [4.78, 5) is 16.6. The van der Waals surface area contributed by atoms with Crippen molar-refractivity contribution in [2.75, 3.05) is 11.5 Å². The topological polar surface area (TPSA) is 104 Å². The van der Waals surface area contributed by atoms with Gasteiger partial charge in [0.1, 0.15) is 11.6 Å². The Morgan fingerprint density at radius 3 is 2.72 bits per heavy atom. The van der Waals surface area contributed by atoms with Gasteiger partial charge in [0.2, 0.25) is 0 Å². The number of rotatable bonds is 1. The summed E-state index contributed by atoms with van der Waals surface area (Å²) in [7, 11) is 0. The van der Waals surface area contributed by atoms with Crippen LogP contribution in [0.4, 0.5) is 11.6 Å². The van der Waals surface area contributed by atoms with E-state index in [-0.39, 0.29) is 0 Å². The maximum absolute atomic E-state index is 5.91. The van der Waals surface area contributed by atoms with Crippen LogP contribution in [-0.2, 0) is 0 Å². The molecule has 3 heterocycles. The van der Waals surface area contributed by atoms with Gasteiger partial charge in [0, 0.05) is 23.3 Å². The summed E-state index contributed by atoms with van der Waals surface area (Å²) in [6.07, 6.45) is 4.92. The quantitative estimate of drug-likeness (QED) is 0.661. The number of nitrogens with zero attached hydrogens (tertiary/aromatic N) is 4. The van der Waals surface area contributed by atoms with E-state index in [1.54, 1.807) is 36.8 Å². The van der Waals surface area contributed by atoms with Gasteiger partial charge in [-0.3, -0.25) is 4.98 Å². The summed E-state index contributed by atoms with van der Waals surface area (Å²) in [5.74, 6) is 1.36. The van der Waals surface area contributed by atoms with Gasteiger partial charge in [-0.05, 0) is 18.2 Å². The third-order valence-electron chi connectivity index (χ3n) is 2.57. The van der Waals surface area contributed by atoms with E-state index in [1.807, 2.05) is 0 Å². The van der Waals surface area contributed by atoms with Crippen LogP contribution in [0.2, 0.25) is 0 Å². The van der Waals surface area contributed by atoms with Gasteiger partial charge in [-0.2, -0.15) is 0 Å². The van der Waals surface area contributed by atoms with Gasteiger partial charge in [-0.15, -0.1) is 0 Å². The molecule has 4 N–H and O–H groups in total. The monoisotopic (exact) mass is 238 g/mol. The van der Waals surface area contributed by atoms with E-state index in [0.29, 0.717) is 23.0 Å². The highest BCUT2D eigenvalue weighted by Crippen LogP contribution is 2.22. The molecule has 0 amide bonds. The van der Waals surface area contributed by atoms with Crippen molar-refractivity contribution in [3.05, 3.63) is 36.8 Å². The van der Waals surface area contributed by atoms with Crippen LogP contribution in [0.25, 0.3) is 22.3 Å². The molecule has 3 aromatic heterocycles. The number of pyridine rings is 2. The Hall–Kier alpha value is -2.76. The predicted molar refractivity (Wildman–Crippen MR) is 69.4 cm³/mol. The fourth-order valence-corrected chi connectivity index (χ4v) is 1.72. The first-order valence-electron chi connectivity index (χ1n) is 5.33. The van der Waals surface area contributed by atoms with E-state index in [0.717, 1.165) is 10.9 Å². The van der Waals surface area contributed by atoms with Gasteiger partial charge in [0.25, 0.3) is 0 Å². The van der Waals surface area contributed by atoms with Crippen LogP contribution >= 0.6 is 0 Å². The molecule has 88 valence electrons. The van der Waals surface area contributed by atoms with E-state index < -0.39 is 0 Å². The Kier molecular flexibility index (Phi) is 2.26. The molecule has 3 aromatic rings. The van der Waals surface area contributed by atoms with Gasteiger partial charge in [0.05, 0.1) is 11.7 Å². The fourth-order valence-electron chi connectivity index (χ4n) is 1.72. The molecule has 0 radical (unpaired) electrons. The van der Waals surface area contributed by atoms with E-state index >= 15 is 0 Å². The van der Waals surface area contributed by atoms with Gasteiger partial charge in [0.15, 0.2) is 5.82 Å². The van der Waals surface area contributed by atoms with E-state index in [4.69, 9.17) is 11.5 Å². The Bertz CT molecular complexity index is 725. The van der Waals surface area contributed by atoms with Crippen LogP contribution in [0.3, 0.4) is 0 Å². The first kappa shape index (κ1) is 10.4. The zero-order chi connectivity index (χ0) is 12.5. The lowest BCUT2D eigenvalue weighted by Crippen LogP contribution is -1.99. The number of hydrogen-bond donors (Lipinski definition) is 2. The zero-order valence-corrected chi connectivity index (χ0v) is 9.41. The second kappa shape index (κ2) is 3.92. The average molecular weight is 238 g/mol. The minimum atomic E-state index is 0.418. The molecule has 0 aliphatic carbocycles. The molecule has 0 aliphatic rings. The van der Waals surface area contributed by atoms with Crippen LogP contribution in [0, 0.1) is 0 Å². The highest BCUT2D eigenvalue weighted by atomic mass is 15.0. The summed E-state index contributed by atoms with van der Waals surface area (Å²) in [5.41, 5.74) is 13.0. The van der Waals surface area contributed by atoms with Crippen molar-refractivity contribution < 1.29 is 0 Å². The second-order valence-corrected chi connectivity index (χ2v) is 3.79. The Morgan fingerprint density at radius 2 is 1.89 bits per heavy atom. The van der Waals surface area contributed by atoms with Crippen molar-refractivity contribution in [1.82, 2.24) is 19.9 Å². The van der Waals surface area contributed by atoms with Crippen molar-refractivity contribution in [2.45, 2.75) is 0 Å². The zero-order valence-electron chi connectivity index (χ0n) is 9.41. The van der Waals surface area contributed by atoms with Crippen LogP contribution in [0.1, 0.15) is 0 Å². The molecule has 0 saturated heterocycles. The molecule has 0 fully saturated rings. The Morgan fingerprint density at radius 1 is 1.00 bits per heavy atom. The minimum Gasteiger partial charge on any atom is -0.384 e. The average Bonchev–Trinajstić information content (AvgIpc) is 2.39. The van der Waals surface area contributed by atoms with Gasteiger partial charge < -0.3 is 11.5 Å². The molecule has 0 aliphatic heterocycles. The van der Waals surface area contributed by atoms with Crippen LogP contribution in [-0.4, -0.2) is 19.9 Å². The molecule has 0 bridgehead atoms. The van der Waals surface area contributed by atoms with Crippen LogP contribution in [0.15, 0.2) is 36.8 Å². The minimum absolute atomic E-state index is 0.418. The predicted octanol–water partition coefficient (Wildman–Crippen LogP) is 1.25. The first-order valence-corrected chi connectivity index (χ1v) is 5.33. The number of nitrogen functional groups attached to an aromatic ring is 2. The number of hydrogen-bond acceptors (Lipinski definition) is 6. The lowest BCUT2D eigenvalue weighted by Gasteiger charge is -2.05. The third-order valence-corrected chi connectivity index (χ3v) is 2.57. The maximum Gasteiger partial charge on any atom is 0.162 e. The van der Waals surface area contributed by atoms with E-state index in [9.17, 15) is 0 Å². The van der Waals surface area contributed by atoms with Crippen molar-refractivity contribution in [3.8, 4) is 11.4 Å². The first-order chi connectivity index (χ1) is 8.74. The van der Waals surface area contributed by atoms with Gasteiger partial charge in [-0.25, -0.2) is 15.0 Å². The Labute approximate surface area is 103 Å². The molecule has 0 aromatic carbocycles. The van der Waals surface area contributed by atoms with Crippen LogP contribution < -0.4 is 11.5 Å². The highest BCUT2D eigenvalue weighted by molar-refractivity contribution is 5.88. The molecule has 6 nitrogen and oxygen atoms in total.